The molecule has 0 unspecified atom stereocenters. The Morgan fingerprint density at radius 1 is 0.762 bits per heavy atom. The minimum absolute atomic E-state index is 0.251. The van der Waals surface area contributed by atoms with Gasteiger partial charge in [0.25, 0.3) is 17.9 Å². The summed E-state index contributed by atoms with van der Waals surface area (Å²) in [6.07, 6.45) is 0. The maximum absolute atomic E-state index is 10.3. The first-order valence-corrected chi connectivity index (χ1v) is 5.92. The van der Waals surface area contributed by atoms with Gasteiger partial charge in [-0.2, -0.15) is 0 Å². The summed E-state index contributed by atoms with van der Waals surface area (Å²) >= 11 is 0. The van der Waals surface area contributed by atoms with Gasteiger partial charge in [-0.05, 0) is 13.8 Å². The van der Waals surface area contributed by atoms with Crippen LogP contribution < -0.4 is 0 Å². The van der Waals surface area contributed by atoms with Crippen LogP contribution in [-0.2, 0) is 24.0 Å². The first-order valence-electron chi connectivity index (χ1n) is 5.92. The Labute approximate surface area is 124 Å². The largest absolute Gasteiger partial charge is 0.481 e. The lowest BCUT2D eigenvalue weighted by Crippen LogP contribution is -2.25. The summed E-state index contributed by atoms with van der Waals surface area (Å²) in [5.41, 5.74) is 0. The summed E-state index contributed by atoms with van der Waals surface area (Å²) in [7, 11) is 0. The van der Waals surface area contributed by atoms with E-state index >= 15 is 0 Å². The first kappa shape index (κ1) is 27.2. The fourth-order valence-corrected chi connectivity index (χ4v) is 0.535. The van der Waals surface area contributed by atoms with E-state index in [0.717, 1.165) is 33.9 Å². The molecule has 9 heteroatoms. The quantitative estimate of drug-likeness (QED) is 0.652. The third-order valence-corrected chi connectivity index (χ3v) is 0.963. The van der Waals surface area contributed by atoms with Gasteiger partial charge in [-0.25, -0.2) is 0 Å². The highest BCUT2D eigenvalue weighted by Gasteiger charge is 2.00. The lowest BCUT2D eigenvalue weighted by Gasteiger charge is -2.15. The molecule has 0 aromatic rings. The van der Waals surface area contributed by atoms with Gasteiger partial charge in [-0.1, -0.05) is 0 Å². The van der Waals surface area contributed by atoms with Gasteiger partial charge in [0.05, 0.1) is 0 Å². The van der Waals surface area contributed by atoms with Crippen LogP contribution in [0.1, 0.15) is 41.5 Å². The number of carbonyl (C=O) groups is 4. The molecule has 3 N–H and O–H groups in total. The van der Waals surface area contributed by atoms with Crippen LogP contribution in [0.25, 0.3) is 0 Å². The van der Waals surface area contributed by atoms with Gasteiger partial charge in [0, 0.05) is 40.8 Å². The predicted molar refractivity (Wildman–Crippen MR) is 74.6 cm³/mol. The number of aliphatic carboxylic acids is 3. The average Bonchev–Trinajstić information content (AvgIpc) is 2.23. The molecular formula is C12H25NO8. The Bertz CT molecular complexity index is 259. The number of carboxylic acid groups (broad SMARTS) is 3. The molecule has 0 aliphatic heterocycles. The molecule has 0 atom stereocenters. The van der Waals surface area contributed by atoms with Crippen molar-refractivity contribution in [2.24, 2.45) is 0 Å². The molecule has 9 nitrogen and oxygen atoms in total. The number of hydrogen-bond acceptors (Lipinski definition) is 6. The molecule has 0 saturated carbocycles. The molecule has 0 aliphatic carbocycles. The van der Waals surface area contributed by atoms with E-state index in [0.29, 0.717) is 0 Å². The zero-order chi connectivity index (χ0) is 18.0. The van der Waals surface area contributed by atoms with Crippen LogP contribution >= 0.6 is 0 Å². The van der Waals surface area contributed by atoms with Crippen molar-refractivity contribution in [3.63, 3.8) is 0 Å². The highest BCUT2D eigenvalue weighted by atomic mass is 16.7. The van der Waals surface area contributed by atoms with Crippen LogP contribution in [0.4, 0.5) is 0 Å². The van der Waals surface area contributed by atoms with E-state index in [1.54, 1.807) is 5.06 Å². The van der Waals surface area contributed by atoms with Crippen LogP contribution in [-0.4, -0.2) is 57.3 Å². The van der Waals surface area contributed by atoms with E-state index in [-0.39, 0.29) is 5.97 Å². The predicted octanol–water partition coefficient (Wildman–Crippen LogP) is 1.08. The zero-order valence-electron chi connectivity index (χ0n) is 13.2. The van der Waals surface area contributed by atoms with Crippen molar-refractivity contribution in [2.45, 2.75) is 41.5 Å². The van der Waals surface area contributed by atoms with E-state index in [9.17, 15) is 4.79 Å². The second kappa shape index (κ2) is 20.2. The molecule has 0 aromatic carbocycles. The minimum Gasteiger partial charge on any atom is -0.481 e. The van der Waals surface area contributed by atoms with Gasteiger partial charge in [0.2, 0.25) is 0 Å². The van der Waals surface area contributed by atoms with E-state index in [1.807, 2.05) is 13.8 Å². The van der Waals surface area contributed by atoms with Crippen molar-refractivity contribution in [2.75, 3.05) is 13.1 Å². The Kier molecular flexibility index (Phi) is 26.1. The number of hydroxylamine groups is 2. The summed E-state index contributed by atoms with van der Waals surface area (Å²) in [5.74, 6) is -2.75. The molecule has 0 spiro atoms. The van der Waals surface area contributed by atoms with E-state index in [2.05, 4.69) is 0 Å². The normalized spacial score (nSPS) is 7.76. The number of hydrogen-bond donors (Lipinski definition) is 3. The first-order chi connectivity index (χ1) is 9.40. The summed E-state index contributed by atoms with van der Waals surface area (Å²) in [5, 5.41) is 23.8. The standard InChI is InChI=1S/C6H13NO2.3C2H4O2/c1-4-7(5-2)9-6(3)8;3*1-2(3)4/h4-5H2,1-3H3;3*1H3,(H,3,4). The SMILES string of the molecule is CC(=O)O.CC(=O)O.CC(=O)O.CCN(CC)OC(C)=O. The maximum Gasteiger partial charge on any atom is 0.322 e. The molecule has 0 rings (SSSR count). The van der Waals surface area contributed by atoms with Crippen LogP contribution in [0.3, 0.4) is 0 Å². The lowest BCUT2D eigenvalue weighted by molar-refractivity contribution is -0.185. The van der Waals surface area contributed by atoms with Gasteiger partial charge in [0.1, 0.15) is 0 Å². The van der Waals surface area contributed by atoms with Crippen LogP contribution in [0, 0.1) is 0 Å². The molecule has 0 saturated heterocycles. The lowest BCUT2D eigenvalue weighted by atomic mass is 10.6. The third-order valence-electron chi connectivity index (χ3n) is 0.963. The zero-order valence-corrected chi connectivity index (χ0v) is 13.2. The average molecular weight is 311 g/mol. The smallest absolute Gasteiger partial charge is 0.322 e. The van der Waals surface area contributed by atoms with Crippen molar-refractivity contribution in [1.82, 2.24) is 5.06 Å². The summed E-state index contributed by atoms with van der Waals surface area (Å²) in [6, 6.07) is 0. The molecule has 126 valence electrons. The van der Waals surface area contributed by atoms with Crippen molar-refractivity contribution in [3.8, 4) is 0 Å². The van der Waals surface area contributed by atoms with E-state index in [1.165, 1.54) is 6.92 Å². The van der Waals surface area contributed by atoms with Gasteiger partial charge in [-0.15, -0.1) is 5.06 Å². The summed E-state index contributed by atoms with van der Waals surface area (Å²) in [6.45, 7) is 10.0. The van der Waals surface area contributed by atoms with Crippen LogP contribution in [0.15, 0.2) is 0 Å². The molecule has 0 heterocycles. The molecule has 0 bridgehead atoms. The van der Waals surface area contributed by atoms with Crippen LogP contribution in [0.2, 0.25) is 0 Å². The second-order valence-electron chi connectivity index (χ2n) is 3.25. The Hall–Kier alpha value is -2.16. The minimum atomic E-state index is -0.833. The molecule has 0 radical (unpaired) electrons. The van der Waals surface area contributed by atoms with Crippen LogP contribution in [0.5, 0.6) is 0 Å². The highest BCUT2D eigenvalue weighted by Crippen LogP contribution is 1.87. The van der Waals surface area contributed by atoms with Gasteiger partial charge in [-0.3, -0.25) is 19.2 Å². The fourth-order valence-electron chi connectivity index (χ4n) is 0.535. The second-order valence-corrected chi connectivity index (χ2v) is 3.25. The third kappa shape index (κ3) is 131. The Morgan fingerprint density at radius 2 is 0.952 bits per heavy atom. The number of carboxylic acids is 3. The van der Waals surface area contributed by atoms with Gasteiger partial charge >= 0.3 is 5.97 Å². The monoisotopic (exact) mass is 311 g/mol. The molecular weight excluding hydrogens is 286 g/mol. The van der Waals surface area contributed by atoms with Crippen molar-refractivity contribution >= 4 is 23.9 Å². The molecule has 0 aromatic heterocycles. The Balaban J connectivity index is -0.000000102. The van der Waals surface area contributed by atoms with Gasteiger partial charge < -0.3 is 20.2 Å². The summed E-state index contributed by atoms with van der Waals surface area (Å²) < 4.78 is 0. The number of nitrogens with zero attached hydrogens (tertiary/aromatic N) is 1. The topological polar surface area (TPSA) is 141 Å². The summed E-state index contributed by atoms with van der Waals surface area (Å²) in [4.78, 5) is 42.1. The molecule has 0 amide bonds. The fraction of sp³-hybridized carbons (Fsp3) is 0.667. The Morgan fingerprint density at radius 3 is 1.00 bits per heavy atom. The maximum atomic E-state index is 10.3. The molecule has 0 fully saturated rings. The van der Waals surface area contributed by atoms with E-state index < -0.39 is 17.9 Å². The highest BCUT2D eigenvalue weighted by molar-refractivity contribution is 5.65. The van der Waals surface area contributed by atoms with Crippen molar-refractivity contribution < 1.29 is 39.3 Å². The van der Waals surface area contributed by atoms with E-state index in [4.69, 9.17) is 34.5 Å². The van der Waals surface area contributed by atoms with Crippen molar-refractivity contribution in [1.29, 1.82) is 0 Å². The van der Waals surface area contributed by atoms with Crippen molar-refractivity contribution in [3.05, 3.63) is 0 Å². The molecule has 0 aliphatic rings. The number of carbonyl (C=O) groups excluding carboxylic acids is 1. The number of rotatable bonds is 3. The van der Waals surface area contributed by atoms with Gasteiger partial charge in [0.15, 0.2) is 0 Å². The molecule has 21 heavy (non-hydrogen) atoms.